The second-order valence-corrected chi connectivity index (χ2v) is 4.70. The summed E-state index contributed by atoms with van der Waals surface area (Å²) in [5, 5.41) is 0. The van der Waals surface area contributed by atoms with E-state index in [0.717, 1.165) is 12.0 Å². The van der Waals surface area contributed by atoms with E-state index >= 15 is 0 Å². The molecule has 0 N–H and O–H groups in total. The predicted molar refractivity (Wildman–Crippen MR) is 75.2 cm³/mol. The molecule has 0 aliphatic heterocycles. The average Bonchev–Trinajstić information content (AvgIpc) is 2.45. The molecule has 1 unspecified atom stereocenters. The number of ether oxygens (including phenoxy) is 1. The summed E-state index contributed by atoms with van der Waals surface area (Å²) in [6.45, 7) is 4.41. The maximum absolute atomic E-state index is 5.86. The van der Waals surface area contributed by atoms with Crippen molar-refractivity contribution in [2.75, 3.05) is 6.61 Å². The van der Waals surface area contributed by atoms with Crippen LogP contribution >= 0.6 is 0 Å². The first-order valence-corrected chi connectivity index (χ1v) is 6.68. The molecule has 0 heterocycles. The van der Waals surface area contributed by atoms with Gasteiger partial charge in [0.05, 0.1) is 6.10 Å². The molecule has 18 heavy (non-hydrogen) atoms. The van der Waals surface area contributed by atoms with E-state index in [9.17, 15) is 0 Å². The Balaban J connectivity index is 1.81. The zero-order chi connectivity index (χ0) is 12.6. The Kier molecular flexibility index (Phi) is 5.05. The largest absolute Gasteiger partial charge is 0.365 e. The Hall–Kier alpha value is -1.52. The molecule has 1 saturated carbocycles. The van der Waals surface area contributed by atoms with Gasteiger partial charge in [0.15, 0.2) is 0 Å². The highest BCUT2D eigenvalue weighted by atomic mass is 16.5. The first-order chi connectivity index (χ1) is 8.90. The summed E-state index contributed by atoms with van der Waals surface area (Å²) >= 11 is 0. The molecule has 1 aromatic carbocycles. The minimum atomic E-state index is 0.321. The number of rotatable bonds is 3. The fourth-order valence-corrected chi connectivity index (χ4v) is 2.41. The van der Waals surface area contributed by atoms with Crippen LogP contribution in [0.3, 0.4) is 0 Å². The predicted octanol–water partition coefficient (Wildman–Crippen LogP) is 3.80. The fourth-order valence-electron chi connectivity index (χ4n) is 2.41. The highest BCUT2D eigenvalue weighted by Gasteiger charge is 2.22. The van der Waals surface area contributed by atoms with Crippen molar-refractivity contribution in [3.8, 4) is 11.8 Å². The van der Waals surface area contributed by atoms with E-state index in [1.54, 1.807) is 0 Å². The van der Waals surface area contributed by atoms with Crippen molar-refractivity contribution in [3.05, 3.63) is 48.6 Å². The van der Waals surface area contributed by atoms with Crippen molar-refractivity contribution < 1.29 is 4.74 Å². The number of hydrogen-bond donors (Lipinski definition) is 0. The van der Waals surface area contributed by atoms with E-state index in [-0.39, 0.29) is 0 Å². The lowest BCUT2D eigenvalue weighted by Crippen LogP contribution is -2.26. The van der Waals surface area contributed by atoms with Gasteiger partial charge in [-0.2, -0.15) is 0 Å². The van der Waals surface area contributed by atoms with Crippen molar-refractivity contribution in [2.24, 2.45) is 5.92 Å². The summed E-state index contributed by atoms with van der Waals surface area (Å²) in [4.78, 5) is 0. The van der Waals surface area contributed by atoms with Crippen LogP contribution in [0.15, 0.2) is 43.0 Å². The topological polar surface area (TPSA) is 9.23 Å². The smallest absolute Gasteiger partial charge is 0.108 e. The van der Waals surface area contributed by atoms with Crippen LogP contribution in [-0.4, -0.2) is 12.7 Å². The lowest BCUT2D eigenvalue weighted by Gasteiger charge is -2.28. The van der Waals surface area contributed by atoms with Crippen molar-refractivity contribution in [1.82, 2.24) is 0 Å². The normalized spacial score (nSPS) is 22.9. The van der Waals surface area contributed by atoms with Crippen LogP contribution in [0.1, 0.15) is 31.2 Å². The third kappa shape index (κ3) is 3.75. The van der Waals surface area contributed by atoms with Gasteiger partial charge < -0.3 is 4.74 Å². The van der Waals surface area contributed by atoms with Gasteiger partial charge in [0.1, 0.15) is 6.61 Å². The van der Waals surface area contributed by atoms with E-state index in [1.165, 1.54) is 19.3 Å². The fraction of sp³-hybridized carbons (Fsp3) is 0.412. The zero-order valence-electron chi connectivity index (χ0n) is 10.8. The third-order valence-electron chi connectivity index (χ3n) is 3.43. The van der Waals surface area contributed by atoms with Gasteiger partial charge in [-0.05, 0) is 25.0 Å². The Bertz CT molecular complexity index is 424. The van der Waals surface area contributed by atoms with Gasteiger partial charge in [-0.25, -0.2) is 0 Å². The van der Waals surface area contributed by atoms with Gasteiger partial charge in [-0.15, -0.1) is 6.58 Å². The van der Waals surface area contributed by atoms with Crippen molar-refractivity contribution >= 4 is 0 Å². The summed E-state index contributed by atoms with van der Waals surface area (Å²) in [5.41, 5.74) is 1.05. The molecule has 0 spiro atoms. The van der Waals surface area contributed by atoms with Gasteiger partial charge >= 0.3 is 0 Å². The van der Waals surface area contributed by atoms with Crippen molar-refractivity contribution in [2.45, 2.75) is 31.8 Å². The zero-order valence-corrected chi connectivity index (χ0v) is 10.8. The van der Waals surface area contributed by atoms with Crippen LogP contribution < -0.4 is 0 Å². The summed E-state index contributed by atoms with van der Waals surface area (Å²) in [6, 6.07) is 10.0. The minimum Gasteiger partial charge on any atom is -0.365 e. The Morgan fingerprint density at radius 2 is 2.00 bits per heavy atom. The molecule has 94 valence electrons. The molecule has 2 rings (SSSR count). The van der Waals surface area contributed by atoms with E-state index in [2.05, 4.69) is 18.4 Å². The van der Waals surface area contributed by atoms with Crippen molar-refractivity contribution in [3.63, 3.8) is 0 Å². The van der Waals surface area contributed by atoms with Crippen LogP contribution in [0, 0.1) is 17.8 Å². The molecule has 0 bridgehead atoms. The lowest BCUT2D eigenvalue weighted by molar-refractivity contribution is 0.0227. The van der Waals surface area contributed by atoms with Gasteiger partial charge in [0.2, 0.25) is 0 Å². The molecule has 2 atom stereocenters. The molecule has 0 radical (unpaired) electrons. The lowest BCUT2D eigenvalue weighted by atomic mass is 9.86. The maximum Gasteiger partial charge on any atom is 0.108 e. The number of benzene rings is 1. The Labute approximate surface area is 110 Å². The van der Waals surface area contributed by atoms with Crippen LogP contribution in [0.25, 0.3) is 0 Å². The summed E-state index contributed by atoms with van der Waals surface area (Å²) in [7, 11) is 0. The van der Waals surface area contributed by atoms with E-state index in [4.69, 9.17) is 4.74 Å². The summed E-state index contributed by atoms with van der Waals surface area (Å²) in [6.07, 6.45) is 7.27. The van der Waals surface area contributed by atoms with E-state index < -0.39 is 0 Å². The summed E-state index contributed by atoms with van der Waals surface area (Å²) < 4.78 is 5.86. The van der Waals surface area contributed by atoms with Gasteiger partial charge in [-0.1, -0.05) is 49.0 Å². The van der Waals surface area contributed by atoms with Crippen LogP contribution in [0.5, 0.6) is 0 Å². The second-order valence-electron chi connectivity index (χ2n) is 4.70. The molecule has 1 fully saturated rings. The van der Waals surface area contributed by atoms with Gasteiger partial charge in [0.25, 0.3) is 0 Å². The first kappa shape index (κ1) is 12.9. The SMILES string of the molecule is C=CC1CCCC[C@H]1OCC#Cc1ccccc1. The molecule has 1 nitrogen and oxygen atoms in total. The Morgan fingerprint density at radius 1 is 1.22 bits per heavy atom. The first-order valence-electron chi connectivity index (χ1n) is 6.68. The minimum absolute atomic E-state index is 0.321. The quantitative estimate of drug-likeness (QED) is 0.577. The Morgan fingerprint density at radius 3 is 2.78 bits per heavy atom. The monoisotopic (exact) mass is 240 g/mol. The summed E-state index contributed by atoms with van der Waals surface area (Å²) in [5.74, 6) is 6.71. The highest BCUT2D eigenvalue weighted by Crippen LogP contribution is 2.27. The van der Waals surface area contributed by atoms with Crippen molar-refractivity contribution in [1.29, 1.82) is 0 Å². The molecule has 0 aromatic heterocycles. The van der Waals surface area contributed by atoms with Crippen LogP contribution in [0.2, 0.25) is 0 Å². The second kappa shape index (κ2) is 7.03. The van der Waals surface area contributed by atoms with E-state index in [0.29, 0.717) is 18.6 Å². The third-order valence-corrected chi connectivity index (χ3v) is 3.43. The average molecular weight is 240 g/mol. The molecule has 1 heteroatoms. The number of hydrogen-bond acceptors (Lipinski definition) is 1. The molecule has 1 aliphatic rings. The van der Waals surface area contributed by atoms with E-state index in [1.807, 2.05) is 36.4 Å². The van der Waals surface area contributed by atoms with Gasteiger partial charge in [-0.3, -0.25) is 0 Å². The molecule has 1 aliphatic carbocycles. The molecule has 1 aromatic rings. The standard InChI is InChI=1S/C17H20O/c1-2-16-12-6-7-13-17(16)18-14-8-11-15-9-4-3-5-10-15/h2-5,9-10,16-17H,1,6-7,12-14H2/t16?,17-/m1/s1. The van der Waals surface area contributed by atoms with Crippen LogP contribution in [-0.2, 0) is 4.74 Å². The highest BCUT2D eigenvalue weighted by molar-refractivity contribution is 5.33. The molecule has 0 saturated heterocycles. The van der Waals surface area contributed by atoms with Crippen LogP contribution in [0.4, 0.5) is 0 Å². The molecular formula is C17H20O. The molecule has 0 amide bonds. The van der Waals surface area contributed by atoms with Gasteiger partial charge in [0, 0.05) is 11.5 Å². The maximum atomic E-state index is 5.86. The molecular weight excluding hydrogens is 220 g/mol.